The number of nitrogens with two attached hydrogens (primary N) is 1. The zero-order chi connectivity index (χ0) is 10.1. The lowest BCUT2D eigenvalue weighted by molar-refractivity contribution is -0.109. The molecule has 2 N–H and O–H groups in total. The summed E-state index contributed by atoms with van der Waals surface area (Å²) in [4.78, 5) is 14.7. The summed E-state index contributed by atoms with van der Waals surface area (Å²) in [6.07, 6.45) is 2.46. The van der Waals surface area contributed by atoms with E-state index in [0.717, 1.165) is 22.9 Å². The van der Waals surface area contributed by atoms with Crippen molar-refractivity contribution in [1.82, 2.24) is 9.55 Å². The third-order valence-electron chi connectivity index (χ3n) is 2.28. The Hall–Kier alpha value is -1.68. The lowest BCUT2D eigenvalue weighted by atomic mass is 10.1. The summed E-state index contributed by atoms with van der Waals surface area (Å²) in [6.45, 7) is 0. The average Bonchev–Trinajstić information content (AvgIpc) is 2.59. The van der Waals surface area contributed by atoms with Crippen LogP contribution >= 0.6 is 0 Å². The molecule has 1 aromatic carbocycles. The quantitative estimate of drug-likeness (QED) is 0.710. The monoisotopic (exact) mass is 189 g/mol. The number of aryl methyl sites for hydroxylation is 1. The standard InChI is InChI=1S/C10H11N3O/c1-13-6-12-9-4-7(8(11)5-14)2-3-10(9)13/h2-6,8H,11H2,1H3. The Bertz CT molecular complexity index is 475. The van der Waals surface area contributed by atoms with Crippen LogP contribution < -0.4 is 5.73 Å². The molecule has 2 rings (SSSR count). The molecule has 1 atom stereocenters. The van der Waals surface area contributed by atoms with Crippen LogP contribution in [0.1, 0.15) is 11.6 Å². The van der Waals surface area contributed by atoms with Gasteiger partial charge in [0, 0.05) is 7.05 Å². The van der Waals surface area contributed by atoms with Crippen molar-refractivity contribution in [1.29, 1.82) is 0 Å². The van der Waals surface area contributed by atoms with Crippen molar-refractivity contribution < 1.29 is 4.79 Å². The van der Waals surface area contributed by atoms with Crippen molar-refractivity contribution >= 4 is 17.3 Å². The molecule has 0 bridgehead atoms. The van der Waals surface area contributed by atoms with Gasteiger partial charge in [0.25, 0.3) is 0 Å². The number of carbonyl (C=O) groups excluding carboxylic acids is 1. The zero-order valence-corrected chi connectivity index (χ0v) is 7.84. The van der Waals surface area contributed by atoms with Crippen molar-refractivity contribution in [2.45, 2.75) is 6.04 Å². The van der Waals surface area contributed by atoms with Crippen LogP contribution in [0, 0.1) is 0 Å². The number of hydrogen-bond donors (Lipinski definition) is 1. The van der Waals surface area contributed by atoms with Crippen LogP contribution in [0.5, 0.6) is 0 Å². The van der Waals surface area contributed by atoms with E-state index < -0.39 is 6.04 Å². The van der Waals surface area contributed by atoms with Crippen LogP contribution in [0.4, 0.5) is 0 Å². The van der Waals surface area contributed by atoms with Gasteiger partial charge in [-0.1, -0.05) is 6.07 Å². The normalized spacial score (nSPS) is 13.0. The average molecular weight is 189 g/mol. The topological polar surface area (TPSA) is 60.9 Å². The molecule has 0 aliphatic rings. The van der Waals surface area contributed by atoms with Crippen molar-refractivity contribution in [2.75, 3.05) is 0 Å². The van der Waals surface area contributed by atoms with Crippen molar-refractivity contribution in [2.24, 2.45) is 12.8 Å². The maximum atomic E-state index is 10.5. The molecule has 1 heterocycles. The molecule has 0 aliphatic heterocycles. The first-order valence-electron chi connectivity index (χ1n) is 4.34. The second-order valence-corrected chi connectivity index (χ2v) is 3.27. The second kappa shape index (κ2) is 3.23. The Morgan fingerprint density at radius 3 is 3.07 bits per heavy atom. The van der Waals surface area contributed by atoms with Gasteiger partial charge in [0.15, 0.2) is 0 Å². The van der Waals surface area contributed by atoms with Crippen LogP contribution in [0.25, 0.3) is 11.0 Å². The lowest BCUT2D eigenvalue weighted by Crippen LogP contribution is -2.10. The molecule has 4 heteroatoms. The van der Waals surface area contributed by atoms with Gasteiger partial charge in [-0.3, -0.25) is 0 Å². The SMILES string of the molecule is Cn1cnc2cc(C(N)C=O)ccc21. The van der Waals surface area contributed by atoms with Gasteiger partial charge >= 0.3 is 0 Å². The molecule has 0 radical (unpaired) electrons. The molecule has 72 valence electrons. The van der Waals surface area contributed by atoms with Crippen LogP contribution in [-0.4, -0.2) is 15.8 Å². The lowest BCUT2D eigenvalue weighted by Gasteiger charge is -2.03. The van der Waals surface area contributed by atoms with Gasteiger partial charge in [-0.25, -0.2) is 4.98 Å². The number of fused-ring (bicyclic) bond motifs is 1. The minimum atomic E-state index is -0.554. The molecule has 0 amide bonds. The van der Waals surface area contributed by atoms with Crippen LogP contribution in [0.15, 0.2) is 24.5 Å². The number of benzene rings is 1. The molecule has 0 fully saturated rings. The number of aromatic nitrogens is 2. The Kier molecular flexibility index (Phi) is 2.05. The third-order valence-corrected chi connectivity index (χ3v) is 2.28. The maximum Gasteiger partial charge on any atom is 0.141 e. The Morgan fingerprint density at radius 2 is 2.36 bits per heavy atom. The van der Waals surface area contributed by atoms with Gasteiger partial charge in [-0.2, -0.15) is 0 Å². The zero-order valence-electron chi connectivity index (χ0n) is 7.84. The van der Waals surface area contributed by atoms with E-state index in [-0.39, 0.29) is 0 Å². The van der Waals surface area contributed by atoms with E-state index in [4.69, 9.17) is 5.73 Å². The minimum absolute atomic E-state index is 0.554. The van der Waals surface area contributed by atoms with Gasteiger partial charge in [0.2, 0.25) is 0 Å². The van der Waals surface area contributed by atoms with Gasteiger partial charge in [0.05, 0.1) is 23.4 Å². The van der Waals surface area contributed by atoms with Gasteiger partial charge in [-0.05, 0) is 17.7 Å². The Morgan fingerprint density at radius 1 is 1.57 bits per heavy atom. The van der Waals surface area contributed by atoms with E-state index in [1.807, 2.05) is 29.8 Å². The molecule has 0 spiro atoms. The molecule has 2 aromatic rings. The summed E-state index contributed by atoms with van der Waals surface area (Å²) >= 11 is 0. The van der Waals surface area contributed by atoms with E-state index in [9.17, 15) is 4.79 Å². The molecular weight excluding hydrogens is 178 g/mol. The first-order valence-corrected chi connectivity index (χ1v) is 4.34. The van der Waals surface area contributed by atoms with Gasteiger partial charge < -0.3 is 15.1 Å². The molecule has 0 saturated heterocycles. The van der Waals surface area contributed by atoms with E-state index in [2.05, 4.69) is 4.98 Å². The predicted octanol–water partition coefficient (Wildman–Crippen LogP) is 0.772. The second-order valence-electron chi connectivity index (χ2n) is 3.27. The highest BCUT2D eigenvalue weighted by Gasteiger charge is 2.06. The molecule has 4 nitrogen and oxygen atoms in total. The van der Waals surface area contributed by atoms with E-state index in [1.165, 1.54) is 0 Å². The summed E-state index contributed by atoms with van der Waals surface area (Å²) in [5.41, 5.74) is 8.28. The first kappa shape index (κ1) is 8.90. The maximum absolute atomic E-state index is 10.5. The van der Waals surface area contributed by atoms with Crippen LogP contribution in [0.2, 0.25) is 0 Å². The summed E-state index contributed by atoms with van der Waals surface area (Å²) in [5, 5.41) is 0. The summed E-state index contributed by atoms with van der Waals surface area (Å²) in [5.74, 6) is 0. The highest BCUT2D eigenvalue weighted by molar-refractivity contribution is 5.77. The fourth-order valence-electron chi connectivity index (χ4n) is 1.44. The number of rotatable bonds is 2. The van der Waals surface area contributed by atoms with Gasteiger partial charge in [-0.15, -0.1) is 0 Å². The van der Waals surface area contributed by atoms with E-state index in [0.29, 0.717) is 0 Å². The van der Waals surface area contributed by atoms with Crippen LogP contribution in [0.3, 0.4) is 0 Å². The number of imidazole rings is 1. The minimum Gasteiger partial charge on any atom is -0.334 e. The predicted molar refractivity (Wildman–Crippen MR) is 53.7 cm³/mol. The Balaban J connectivity index is 2.57. The molecule has 0 saturated carbocycles. The number of hydrogen-bond acceptors (Lipinski definition) is 3. The van der Waals surface area contributed by atoms with Crippen molar-refractivity contribution in [3.05, 3.63) is 30.1 Å². The Labute approximate surface area is 81.3 Å². The number of carbonyl (C=O) groups is 1. The summed E-state index contributed by atoms with van der Waals surface area (Å²) < 4.78 is 1.92. The van der Waals surface area contributed by atoms with E-state index in [1.54, 1.807) is 6.33 Å². The largest absolute Gasteiger partial charge is 0.334 e. The molecular formula is C10H11N3O. The molecule has 1 aromatic heterocycles. The summed E-state index contributed by atoms with van der Waals surface area (Å²) in [7, 11) is 1.93. The fourth-order valence-corrected chi connectivity index (χ4v) is 1.44. The first-order chi connectivity index (χ1) is 6.72. The van der Waals surface area contributed by atoms with Gasteiger partial charge in [0.1, 0.15) is 6.29 Å². The highest BCUT2D eigenvalue weighted by Crippen LogP contribution is 2.16. The number of nitrogens with zero attached hydrogens (tertiary/aromatic N) is 2. The summed E-state index contributed by atoms with van der Waals surface area (Å²) in [6, 6.07) is 5.06. The molecule has 14 heavy (non-hydrogen) atoms. The third kappa shape index (κ3) is 1.29. The van der Waals surface area contributed by atoms with Crippen molar-refractivity contribution in [3.63, 3.8) is 0 Å². The van der Waals surface area contributed by atoms with Crippen molar-refractivity contribution in [3.8, 4) is 0 Å². The molecule has 0 aliphatic carbocycles. The smallest absolute Gasteiger partial charge is 0.141 e. The fraction of sp³-hybridized carbons (Fsp3) is 0.200. The number of aldehydes is 1. The van der Waals surface area contributed by atoms with Crippen LogP contribution in [-0.2, 0) is 11.8 Å². The molecule has 1 unspecified atom stereocenters. The van der Waals surface area contributed by atoms with E-state index >= 15 is 0 Å². The highest BCUT2D eigenvalue weighted by atomic mass is 16.1.